The van der Waals surface area contributed by atoms with Crippen LogP contribution >= 0.6 is 22.9 Å². The average molecular weight is 342 g/mol. The Hall–Kier alpha value is -1.14. The summed E-state index contributed by atoms with van der Waals surface area (Å²) < 4.78 is 27.4. The lowest BCUT2D eigenvalue weighted by molar-refractivity contribution is 0.441. The summed E-state index contributed by atoms with van der Waals surface area (Å²) >= 11 is 7.28. The van der Waals surface area contributed by atoms with Gasteiger partial charge in [-0.25, -0.2) is 8.42 Å². The van der Waals surface area contributed by atoms with Crippen molar-refractivity contribution in [3.8, 4) is 0 Å². The van der Waals surface area contributed by atoms with Gasteiger partial charge in [-0.05, 0) is 31.2 Å². The monoisotopic (exact) mass is 341 g/mol. The molecule has 1 heterocycles. The van der Waals surface area contributed by atoms with Crippen LogP contribution in [-0.2, 0) is 16.6 Å². The quantitative estimate of drug-likeness (QED) is 0.742. The number of halogens is 1. The molecule has 112 valence electrons. The normalized spacial score (nSPS) is 11.8. The smallest absolute Gasteiger partial charge is 0.207 e. The number of hydrogen-bond acceptors (Lipinski definition) is 3. The predicted molar refractivity (Wildman–Crippen MR) is 88.3 cm³/mol. The van der Waals surface area contributed by atoms with Crippen LogP contribution in [0.3, 0.4) is 0 Å². The Morgan fingerprint density at radius 2 is 1.90 bits per heavy atom. The fraction of sp³-hybridized carbons (Fsp3) is 0.200. The largest absolute Gasteiger partial charge is 0.243 e. The van der Waals surface area contributed by atoms with Crippen molar-refractivity contribution in [3.63, 3.8) is 0 Å². The molecule has 3 nitrogen and oxygen atoms in total. The first kappa shape index (κ1) is 16.2. The van der Waals surface area contributed by atoms with Gasteiger partial charge in [0.1, 0.15) is 0 Å². The molecule has 1 aromatic heterocycles. The Kier molecular flexibility index (Phi) is 5.22. The van der Waals surface area contributed by atoms with Gasteiger partial charge in [0, 0.05) is 18.0 Å². The highest BCUT2D eigenvalue weighted by molar-refractivity contribution is 7.89. The van der Waals surface area contributed by atoms with E-state index >= 15 is 0 Å². The van der Waals surface area contributed by atoms with Gasteiger partial charge in [-0.2, -0.15) is 4.31 Å². The second-order valence-electron chi connectivity index (χ2n) is 4.61. The molecule has 2 rings (SSSR count). The van der Waals surface area contributed by atoms with Crippen LogP contribution in [0, 0.1) is 6.92 Å². The fourth-order valence-electron chi connectivity index (χ4n) is 1.86. The topological polar surface area (TPSA) is 37.4 Å². The third-order valence-electron chi connectivity index (χ3n) is 2.95. The minimum Gasteiger partial charge on any atom is -0.207 e. The summed E-state index contributed by atoms with van der Waals surface area (Å²) in [7, 11) is -3.54. The molecule has 0 saturated heterocycles. The number of thiophene rings is 1. The zero-order chi connectivity index (χ0) is 15.5. The maximum absolute atomic E-state index is 12.7. The number of aryl methyl sites for hydroxylation is 1. The summed E-state index contributed by atoms with van der Waals surface area (Å²) in [6, 6.07) is 10.5. The molecule has 0 N–H and O–H groups in total. The van der Waals surface area contributed by atoms with Crippen LogP contribution in [0.1, 0.15) is 10.4 Å². The Morgan fingerprint density at radius 3 is 2.43 bits per heavy atom. The summed E-state index contributed by atoms with van der Waals surface area (Å²) in [5.41, 5.74) is 1.02. The number of rotatable bonds is 6. The van der Waals surface area contributed by atoms with Crippen LogP contribution in [0.5, 0.6) is 0 Å². The number of hydrogen-bond donors (Lipinski definition) is 0. The van der Waals surface area contributed by atoms with Crippen LogP contribution in [0.4, 0.5) is 0 Å². The van der Waals surface area contributed by atoms with Gasteiger partial charge >= 0.3 is 0 Å². The average Bonchev–Trinajstić information content (AvgIpc) is 2.84. The highest BCUT2D eigenvalue weighted by atomic mass is 35.5. The lowest BCUT2D eigenvalue weighted by Crippen LogP contribution is -2.30. The van der Waals surface area contributed by atoms with Gasteiger partial charge in [0.2, 0.25) is 10.0 Å². The zero-order valence-corrected chi connectivity index (χ0v) is 14.0. The van der Waals surface area contributed by atoms with Gasteiger partial charge in [-0.1, -0.05) is 35.4 Å². The van der Waals surface area contributed by atoms with Crippen molar-refractivity contribution in [2.24, 2.45) is 0 Å². The minimum atomic E-state index is -3.54. The molecule has 0 bridgehead atoms. The Morgan fingerprint density at radius 1 is 1.24 bits per heavy atom. The van der Waals surface area contributed by atoms with E-state index in [1.54, 1.807) is 36.4 Å². The van der Waals surface area contributed by atoms with E-state index < -0.39 is 10.0 Å². The first-order valence-electron chi connectivity index (χ1n) is 6.35. The zero-order valence-electron chi connectivity index (χ0n) is 11.6. The molecule has 2 aromatic rings. The van der Waals surface area contributed by atoms with E-state index in [9.17, 15) is 8.42 Å². The predicted octanol–water partition coefficient (Wildman–Crippen LogP) is 4.09. The van der Waals surface area contributed by atoms with E-state index in [-0.39, 0.29) is 11.4 Å². The molecular formula is C15H16ClNO2S2. The molecule has 0 atom stereocenters. The number of nitrogens with zero attached hydrogens (tertiary/aromatic N) is 1. The maximum Gasteiger partial charge on any atom is 0.243 e. The van der Waals surface area contributed by atoms with Crippen molar-refractivity contribution >= 4 is 33.0 Å². The van der Waals surface area contributed by atoms with Crippen molar-refractivity contribution in [1.29, 1.82) is 0 Å². The van der Waals surface area contributed by atoms with E-state index in [1.165, 1.54) is 15.6 Å². The van der Waals surface area contributed by atoms with Crippen LogP contribution in [0.25, 0.3) is 0 Å². The fourth-order valence-corrected chi connectivity index (χ4v) is 4.44. The van der Waals surface area contributed by atoms with Gasteiger partial charge in [-0.3, -0.25) is 0 Å². The van der Waals surface area contributed by atoms with Gasteiger partial charge in [0.15, 0.2) is 0 Å². The molecule has 1 aromatic carbocycles. The summed E-state index contributed by atoms with van der Waals surface area (Å²) in [6.07, 6.45) is 1.58. The van der Waals surface area contributed by atoms with Crippen molar-refractivity contribution in [1.82, 2.24) is 4.31 Å². The Bertz CT molecular complexity index is 720. The summed E-state index contributed by atoms with van der Waals surface area (Å²) in [5, 5.41) is 0. The van der Waals surface area contributed by atoms with Gasteiger partial charge in [0.05, 0.1) is 9.23 Å². The Labute approximate surface area is 134 Å². The van der Waals surface area contributed by atoms with Crippen molar-refractivity contribution < 1.29 is 8.42 Å². The van der Waals surface area contributed by atoms with Gasteiger partial charge in [0.25, 0.3) is 0 Å². The van der Waals surface area contributed by atoms with Crippen LogP contribution in [0.2, 0.25) is 4.34 Å². The summed E-state index contributed by atoms with van der Waals surface area (Å²) in [4.78, 5) is 1.19. The molecule has 0 unspecified atom stereocenters. The summed E-state index contributed by atoms with van der Waals surface area (Å²) in [6.45, 7) is 6.11. The van der Waals surface area contributed by atoms with Crippen LogP contribution < -0.4 is 0 Å². The first-order valence-corrected chi connectivity index (χ1v) is 8.99. The third kappa shape index (κ3) is 3.95. The standard InChI is InChI=1S/C15H16ClNO2S2/c1-3-10-17(11-13-6-9-15(16)20-13)21(18,19)14-7-4-12(2)5-8-14/h3-9H,1,10-11H2,2H3. The van der Waals surface area contributed by atoms with Crippen molar-refractivity contribution in [2.75, 3.05) is 6.54 Å². The van der Waals surface area contributed by atoms with E-state index in [0.717, 1.165) is 10.4 Å². The molecule has 0 saturated carbocycles. The molecule has 0 aliphatic heterocycles. The van der Waals surface area contributed by atoms with Crippen LogP contribution in [-0.4, -0.2) is 19.3 Å². The molecular weight excluding hydrogens is 326 g/mol. The second-order valence-corrected chi connectivity index (χ2v) is 8.34. The highest BCUT2D eigenvalue weighted by Crippen LogP contribution is 2.25. The van der Waals surface area contributed by atoms with E-state index in [1.807, 2.05) is 13.0 Å². The SMILES string of the molecule is C=CCN(Cc1ccc(Cl)s1)S(=O)(=O)c1ccc(C)cc1. The second kappa shape index (κ2) is 6.75. The number of benzene rings is 1. The van der Waals surface area contributed by atoms with Crippen molar-refractivity contribution in [3.05, 3.63) is 63.8 Å². The molecule has 0 fully saturated rings. The van der Waals surface area contributed by atoms with Gasteiger partial charge in [-0.15, -0.1) is 17.9 Å². The molecule has 21 heavy (non-hydrogen) atoms. The minimum absolute atomic E-state index is 0.256. The first-order chi connectivity index (χ1) is 9.93. The number of sulfonamides is 1. The van der Waals surface area contributed by atoms with E-state index in [2.05, 4.69) is 6.58 Å². The molecule has 0 radical (unpaired) electrons. The molecule has 0 spiro atoms. The maximum atomic E-state index is 12.7. The van der Waals surface area contributed by atoms with Crippen molar-refractivity contribution in [2.45, 2.75) is 18.4 Å². The van der Waals surface area contributed by atoms with Gasteiger partial charge < -0.3 is 0 Å². The molecule has 6 heteroatoms. The summed E-state index contributed by atoms with van der Waals surface area (Å²) in [5.74, 6) is 0. The Balaban J connectivity index is 2.31. The molecule has 0 aliphatic rings. The third-order valence-corrected chi connectivity index (χ3v) is 5.99. The molecule has 0 aliphatic carbocycles. The lowest BCUT2D eigenvalue weighted by Gasteiger charge is -2.20. The highest BCUT2D eigenvalue weighted by Gasteiger charge is 2.24. The van der Waals surface area contributed by atoms with E-state index in [0.29, 0.717) is 10.9 Å². The van der Waals surface area contributed by atoms with Crippen LogP contribution in [0.15, 0.2) is 53.9 Å². The lowest BCUT2D eigenvalue weighted by atomic mass is 10.2. The molecule has 0 amide bonds. The van der Waals surface area contributed by atoms with E-state index in [4.69, 9.17) is 11.6 Å².